The van der Waals surface area contributed by atoms with Crippen LogP contribution < -0.4 is 10.5 Å². The number of aliphatic carboxylic acids is 1. The number of carbonyl (C=O) groups is 3. The lowest BCUT2D eigenvalue weighted by molar-refractivity contribution is -0.147. The summed E-state index contributed by atoms with van der Waals surface area (Å²) in [4.78, 5) is 40.5. The second-order valence-electron chi connectivity index (χ2n) is 8.60. The van der Waals surface area contributed by atoms with Gasteiger partial charge in [0.25, 0.3) is 5.91 Å². The Hall–Kier alpha value is -3.28. The lowest BCUT2D eigenvalue weighted by Gasteiger charge is -2.44. The fourth-order valence-electron chi connectivity index (χ4n) is 4.68. The van der Waals surface area contributed by atoms with Gasteiger partial charge in [0.2, 0.25) is 15.9 Å². The number of benzene rings is 2. The van der Waals surface area contributed by atoms with Crippen molar-refractivity contribution in [3.05, 3.63) is 65.7 Å². The third-order valence-electron chi connectivity index (χ3n) is 6.41. The molecule has 180 valence electrons. The molecule has 11 heteroatoms. The van der Waals surface area contributed by atoms with Gasteiger partial charge in [-0.15, -0.1) is 0 Å². The Kier molecular flexibility index (Phi) is 6.43. The van der Waals surface area contributed by atoms with Gasteiger partial charge in [-0.25, -0.2) is 13.6 Å². The number of nitrogens with two attached hydrogens (primary N) is 1. The van der Waals surface area contributed by atoms with Crippen LogP contribution in [0.4, 0.5) is 0 Å². The highest BCUT2D eigenvalue weighted by molar-refractivity contribution is 7.89. The Morgan fingerprint density at radius 2 is 1.68 bits per heavy atom. The van der Waals surface area contributed by atoms with Crippen molar-refractivity contribution in [1.82, 2.24) is 15.1 Å². The number of carboxylic acid groups (broad SMARTS) is 1. The number of nitrogens with zero attached hydrogens (tertiary/aromatic N) is 2. The standard InChI is InChI=1S/C23H26N4O6S/c24-34(32,33)18-8-6-17(7-9-18)21(30)26-12-10-23(11-13-26)25-19(14-16-4-2-1-3-5-16)22(31)27(23)15-20(28)29/h1-9,19,25H,10-15H2,(H,28,29)(H2,24,32,33). The Morgan fingerprint density at radius 1 is 1.06 bits per heavy atom. The van der Waals surface area contributed by atoms with E-state index in [0.717, 1.165) is 5.56 Å². The molecule has 2 aliphatic rings. The second kappa shape index (κ2) is 9.16. The molecule has 34 heavy (non-hydrogen) atoms. The highest BCUT2D eigenvalue weighted by Crippen LogP contribution is 2.33. The Morgan fingerprint density at radius 3 is 2.24 bits per heavy atom. The highest BCUT2D eigenvalue weighted by atomic mass is 32.2. The molecule has 4 N–H and O–H groups in total. The summed E-state index contributed by atoms with van der Waals surface area (Å²) >= 11 is 0. The average Bonchev–Trinajstić information content (AvgIpc) is 3.04. The van der Waals surface area contributed by atoms with Crippen LogP contribution in [0.5, 0.6) is 0 Å². The fourth-order valence-corrected chi connectivity index (χ4v) is 5.19. The maximum atomic E-state index is 13.1. The van der Waals surface area contributed by atoms with Crippen molar-refractivity contribution in [2.45, 2.75) is 35.9 Å². The summed E-state index contributed by atoms with van der Waals surface area (Å²) in [5, 5.41) is 17.9. The van der Waals surface area contributed by atoms with Crippen molar-refractivity contribution in [3.63, 3.8) is 0 Å². The number of nitrogens with one attached hydrogen (secondary N) is 1. The van der Waals surface area contributed by atoms with Crippen LogP contribution in [-0.4, -0.2) is 72.4 Å². The van der Waals surface area contributed by atoms with Crippen molar-refractivity contribution < 1.29 is 27.9 Å². The Bertz CT molecular complexity index is 1190. The van der Waals surface area contributed by atoms with E-state index in [1.807, 2.05) is 30.3 Å². The number of sulfonamides is 1. The minimum Gasteiger partial charge on any atom is -0.480 e. The van der Waals surface area contributed by atoms with Gasteiger partial charge in [0, 0.05) is 31.5 Å². The van der Waals surface area contributed by atoms with Crippen LogP contribution >= 0.6 is 0 Å². The summed E-state index contributed by atoms with van der Waals surface area (Å²) in [7, 11) is -3.85. The third-order valence-corrected chi connectivity index (χ3v) is 7.34. The van der Waals surface area contributed by atoms with Crippen LogP contribution in [0.1, 0.15) is 28.8 Å². The number of rotatable bonds is 6. The van der Waals surface area contributed by atoms with Gasteiger partial charge in [0.15, 0.2) is 0 Å². The first kappa shape index (κ1) is 23.9. The number of primary sulfonamides is 1. The van der Waals surface area contributed by atoms with Gasteiger partial charge in [-0.05, 0) is 36.2 Å². The molecule has 1 spiro atoms. The van der Waals surface area contributed by atoms with Gasteiger partial charge in [-0.3, -0.25) is 19.7 Å². The number of hydrogen-bond acceptors (Lipinski definition) is 6. The fraction of sp³-hybridized carbons (Fsp3) is 0.348. The van der Waals surface area contributed by atoms with E-state index in [-0.39, 0.29) is 16.7 Å². The lowest BCUT2D eigenvalue weighted by atomic mass is 9.95. The zero-order valence-electron chi connectivity index (χ0n) is 18.4. The first-order valence-electron chi connectivity index (χ1n) is 10.9. The SMILES string of the molecule is NS(=O)(=O)c1ccc(C(=O)N2CCC3(CC2)NC(Cc2ccccc2)C(=O)N3CC(=O)O)cc1. The largest absolute Gasteiger partial charge is 0.480 e. The van der Waals surface area contributed by atoms with E-state index in [2.05, 4.69) is 5.32 Å². The summed E-state index contributed by atoms with van der Waals surface area (Å²) < 4.78 is 22.9. The van der Waals surface area contributed by atoms with Crippen molar-refractivity contribution in [1.29, 1.82) is 0 Å². The molecule has 4 rings (SSSR count). The maximum Gasteiger partial charge on any atom is 0.323 e. The molecule has 2 aromatic rings. The number of hydrogen-bond donors (Lipinski definition) is 3. The number of piperidine rings is 1. The molecule has 0 aliphatic carbocycles. The van der Waals surface area contributed by atoms with Gasteiger partial charge >= 0.3 is 5.97 Å². The smallest absolute Gasteiger partial charge is 0.323 e. The van der Waals surface area contributed by atoms with E-state index < -0.39 is 34.2 Å². The quantitative estimate of drug-likeness (QED) is 0.535. The molecule has 0 bridgehead atoms. The van der Waals surface area contributed by atoms with Crippen molar-refractivity contribution >= 4 is 27.8 Å². The van der Waals surface area contributed by atoms with Gasteiger partial charge in [-0.2, -0.15) is 0 Å². The van der Waals surface area contributed by atoms with Crippen molar-refractivity contribution in [2.24, 2.45) is 5.14 Å². The second-order valence-corrected chi connectivity index (χ2v) is 10.2. The molecule has 2 aliphatic heterocycles. The highest BCUT2D eigenvalue weighted by Gasteiger charge is 2.52. The van der Waals surface area contributed by atoms with E-state index in [1.54, 1.807) is 4.90 Å². The van der Waals surface area contributed by atoms with Crippen LogP contribution in [0, 0.1) is 0 Å². The van der Waals surface area contributed by atoms with Crippen molar-refractivity contribution in [3.8, 4) is 0 Å². The van der Waals surface area contributed by atoms with Gasteiger partial charge in [-0.1, -0.05) is 30.3 Å². The van der Waals surface area contributed by atoms with Crippen molar-refractivity contribution in [2.75, 3.05) is 19.6 Å². The number of likely N-dealkylation sites (tertiary alicyclic amines) is 1. The Labute approximate surface area is 197 Å². The predicted molar refractivity (Wildman–Crippen MR) is 122 cm³/mol. The molecule has 2 heterocycles. The van der Waals surface area contributed by atoms with E-state index in [0.29, 0.717) is 37.9 Å². The molecule has 10 nitrogen and oxygen atoms in total. The minimum absolute atomic E-state index is 0.0796. The van der Waals surface area contributed by atoms with Crippen LogP contribution in [-0.2, 0) is 26.0 Å². The average molecular weight is 487 g/mol. The van der Waals surface area contributed by atoms with Crippen LogP contribution in [0.3, 0.4) is 0 Å². The summed E-state index contributed by atoms with van der Waals surface area (Å²) in [6, 6.07) is 14.4. The van der Waals surface area contributed by atoms with Gasteiger partial charge in [0.1, 0.15) is 6.54 Å². The third kappa shape index (κ3) is 4.81. The molecule has 1 atom stereocenters. The van der Waals surface area contributed by atoms with E-state index in [9.17, 15) is 27.9 Å². The molecule has 0 aromatic heterocycles. The molecule has 2 fully saturated rings. The Balaban J connectivity index is 1.48. The molecule has 0 saturated carbocycles. The van der Waals surface area contributed by atoms with Gasteiger partial charge < -0.3 is 14.9 Å². The van der Waals surface area contributed by atoms with E-state index in [4.69, 9.17) is 5.14 Å². The summed E-state index contributed by atoms with van der Waals surface area (Å²) in [5.41, 5.74) is 0.447. The molecular formula is C23H26N4O6S. The van der Waals surface area contributed by atoms with Crippen LogP contribution in [0.2, 0.25) is 0 Å². The number of amides is 2. The first-order chi connectivity index (χ1) is 16.1. The predicted octanol–water partition coefficient (Wildman–Crippen LogP) is 0.394. The molecular weight excluding hydrogens is 460 g/mol. The summed E-state index contributed by atoms with van der Waals surface area (Å²) in [5.74, 6) is -1.63. The summed E-state index contributed by atoms with van der Waals surface area (Å²) in [6.45, 7) is 0.203. The first-order valence-corrected chi connectivity index (χ1v) is 12.4. The summed E-state index contributed by atoms with van der Waals surface area (Å²) in [6.07, 6.45) is 1.19. The van der Waals surface area contributed by atoms with Crippen LogP contribution in [0.15, 0.2) is 59.5 Å². The zero-order chi connectivity index (χ0) is 24.5. The maximum absolute atomic E-state index is 13.1. The minimum atomic E-state index is -3.85. The molecule has 1 unspecified atom stereocenters. The molecule has 2 amide bonds. The zero-order valence-corrected chi connectivity index (χ0v) is 19.2. The monoisotopic (exact) mass is 486 g/mol. The van der Waals surface area contributed by atoms with E-state index in [1.165, 1.54) is 29.2 Å². The molecule has 0 radical (unpaired) electrons. The molecule has 2 aromatic carbocycles. The van der Waals surface area contributed by atoms with Crippen LogP contribution in [0.25, 0.3) is 0 Å². The van der Waals surface area contributed by atoms with E-state index >= 15 is 0 Å². The topological polar surface area (TPSA) is 150 Å². The molecule has 2 saturated heterocycles. The number of carboxylic acids is 1. The lowest BCUT2D eigenvalue weighted by Crippen LogP contribution is -2.60. The normalized spacial score (nSPS) is 20.0. The number of carbonyl (C=O) groups excluding carboxylic acids is 2. The van der Waals surface area contributed by atoms with Gasteiger partial charge in [0.05, 0.1) is 16.6 Å².